The van der Waals surface area contributed by atoms with Crippen LogP contribution in [0.5, 0.6) is 0 Å². The van der Waals surface area contributed by atoms with Crippen molar-refractivity contribution in [3.05, 3.63) is 0 Å². The fraction of sp³-hybridized carbons (Fsp3) is 1.00. The van der Waals surface area contributed by atoms with Crippen molar-refractivity contribution in [2.45, 2.75) is 58.7 Å². The van der Waals surface area contributed by atoms with Gasteiger partial charge in [-0.15, -0.1) is 0 Å². The zero-order chi connectivity index (χ0) is 11.5. The van der Waals surface area contributed by atoms with Gasteiger partial charge in [0, 0.05) is 0 Å². The zero-order valence-electron chi connectivity index (χ0n) is 10.9. The van der Waals surface area contributed by atoms with E-state index in [4.69, 9.17) is 9.47 Å². The lowest BCUT2D eigenvalue weighted by molar-refractivity contribution is 0.00870. The van der Waals surface area contributed by atoms with Gasteiger partial charge < -0.3 is 9.47 Å². The molecule has 3 aliphatic rings. The molecule has 2 nitrogen and oxygen atoms in total. The van der Waals surface area contributed by atoms with Gasteiger partial charge in [-0.2, -0.15) is 0 Å². The summed E-state index contributed by atoms with van der Waals surface area (Å²) in [5, 5.41) is 0. The Morgan fingerprint density at radius 2 is 1.88 bits per heavy atom. The molecule has 0 radical (unpaired) electrons. The molecule has 16 heavy (non-hydrogen) atoms. The van der Waals surface area contributed by atoms with Crippen molar-refractivity contribution in [2.75, 3.05) is 13.2 Å². The Balaban J connectivity index is 0.000000212. The summed E-state index contributed by atoms with van der Waals surface area (Å²) in [5.74, 6) is 2.73. The fourth-order valence-electron chi connectivity index (χ4n) is 2.79. The van der Waals surface area contributed by atoms with Gasteiger partial charge in [-0.3, -0.25) is 0 Å². The molecule has 2 bridgehead atoms. The number of hydrogen-bond acceptors (Lipinski definition) is 2. The van der Waals surface area contributed by atoms with Crippen LogP contribution in [0.4, 0.5) is 0 Å². The third-order valence-corrected chi connectivity index (χ3v) is 3.57. The van der Waals surface area contributed by atoms with E-state index in [0.717, 1.165) is 31.0 Å². The van der Waals surface area contributed by atoms with Crippen molar-refractivity contribution in [2.24, 2.45) is 17.8 Å². The summed E-state index contributed by atoms with van der Waals surface area (Å²) in [5.41, 5.74) is 0. The summed E-state index contributed by atoms with van der Waals surface area (Å²) in [7, 11) is 0. The SMILES string of the molecule is C1CC2CC1CC2OCC1CO1.CC(C)C. The maximum Gasteiger partial charge on any atom is 0.104 e. The minimum atomic E-state index is 0.448. The molecule has 0 aromatic heterocycles. The van der Waals surface area contributed by atoms with E-state index in [0.29, 0.717) is 12.2 Å². The predicted molar refractivity (Wildman–Crippen MR) is 65.4 cm³/mol. The minimum absolute atomic E-state index is 0.448. The Morgan fingerprint density at radius 3 is 2.31 bits per heavy atom. The smallest absolute Gasteiger partial charge is 0.104 e. The van der Waals surface area contributed by atoms with Gasteiger partial charge in [-0.25, -0.2) is 0 Å². The van der Waals surface area contributed by atoms with Crippen LogP contribution in [0, 0.1) is 17.8 Å². The molecule has 4 atom stereocenters. The third-order valence-electron chi connectivity index (χ3n) is 3.57. The normalized spacial score (nSPS) is 39.8. The summed E-state index contributed by atoms with van der Waals surface area (Å²) < 4.78 is 11.0. The van der Waals surface area contributed by atoms with Crippen molar-refractivity contribution < 1.29 is 9.47 Å². The largest absolute Gasteiger partial charge is 0.375 e. The second-order valence-corrected chi connectivity index (χ2v) is 6.23. The quantitative estimate of drug-likeness (QED) is 0.689. The van der Waals surface area contributed by atoms with Crippen LogP contribution in [0.25, 0.3) is 0 Å². The molecule has 0 aromatic rings. The maximum atomic E-state index is 5.84. The standard InChI is InChI=1S/C10H16O2.C4H10/c1-2-8-3-7(1)4-10(8)12-6-9-5-11-9;1-4(2)3/h7-10H,1-6H2;4H,1-3H3. The van der Waals surface area contributed by atoms with Gasteiger partial charge in [0.2, 0.25) is 0 Å². The highest BCUT2D eigenvalue weighted by molar-refractivity contribution is 4.91. The van der Waals surface area contributed by atoms with Crippen molar-refractivity contribution in [3.8, 4) is 0 Å². The molecular weight excluding hydrogens is 200 g/mol. The van der Waals surface area contributed by atoms with Crippen LogP contribution in [0.3, 0.4) is 0 Å². The minimum Gasteiger partial charge on any atom is -0.375 e. The first-order valence-corrected chi connectivity index (χ1v) is 6.88. The molecule has 0 N–H and O–H groups in total. The molecule has 94 valence electrons. The van der Waals surface area contributed by atoms with Crippen LogP contribution >= 0.6 is 0 Å². The Morgan fingerprint density at radius 1 is 1.19 bits per heavy atom. The van der Waals surface area contributed by atoms with Crippen LogP contribution in [0.2, 0.25) is 0 Å². The van der Waals surface area contributed by atoms with Crippen LogP contribution in [-0.2, 0) is 9.47 Å². The van der Waals surface area contributed by atoms with Crippen molar-refractivity contribution >= 4 is 0 Å². The molecule has 2 aliphatic carbocycles. The van der Waals surface area contributed by atoms with Crippen molar-refractivity contribution in [3.63, 3.8) is 0 Å². The van der Waals surface area contributed by atoms with Gasteiger partial charge in [0.1, 0.15) is 6.10 Å². The Kier molecular flexibility index (Phi) is 4.26. The van der Waals surface area contributed by atoms with Gasteiger partial charge in [0.25, 0.3) is 0 Å². The molecule has 3 rings (SSSR count). The summed E-state index contributed by atoms with van der Waals surface area (Å²) in [6, 6.07) is 0. The van der Waals surface area contributed by atoms with E-state index < -0.39 is 0 Å². The van der Waals surface area contributed by atoms with Crippen LogP contribution in [0.1, 0.15) is 46.5 Å². The summed E-state index contributed by atoms with van der Waals surface area (Å²) >= 11 is 0. The maximum absolute atomic E-state index is 5.84. The topological polar surface area (TPSA) is 21.8 Å². The van der Waals surface area contributed by atoms with Crippen LogP contribution in [0.15, 0.2) is 0 Å². The molecule has 1 saturated heterocycles. The molecule has 2 heteroatoms. The van der Waals surface area contributed by atoms with Gasteiger partial charge in [-0.05, 0) is 43.4 Å². The monoisotopic (exact) mass is 226 g/mol. The molecule has 1 heterocycles. The first kappa shape index (κ1) is 12.4. The van der Waals surface area contributed by atoms with E-state index in [-0.39, 0.29) is 0 Å². The van der Waals surface area contributed by atoms with Gasteiger partial charge >= 0.3 is 0 Å². The van der Waals surface area contributed by atoms with Crippen LogP contribution in [-0.4, -0.2) is 25.4 Å². The summed E-state index contributed by atoms with van der Waals surface area (Å²) in [6.45, 7) is 8.29. The average molecular weight is 226 g/mol. The molecule has 0 aromatic carbocycles. The summed E-state index contributed by atoms with van der Waals surface area (Å²) in [4.78, 5) is 0. The molecule has 1 aliphatic heterocycles. The molecule has 0 amide bonds. The van der Waals surface area contributed by atoms with E-state index in [1.807, 2.05) is 0 Å². The lowest BCUT2D eigenvalue weighted by Crippen LogP contribution is -2.22. The van der Waals surface area contributed by atoms with Crippen molar-refractivity contribution in [1.29, 1.82) is 0 Å². The zero-order valence-corrected chi connectivity index (χ0v) is 10.9. The van der Waals surface area contributed by atoms with Crippen molar-refractivity contribution in [1.82, 2.24) is 0 Å². The number of rotatable bonds is 3. The number of epoxide rings is 1. The molecular formula is C14H26O2. The number of hydrogen-bond donors (Lipinski definition) is 0. The van der Waals surface area contributed by atoms with Gasteiger partial charge in [0.05, 0.1) is 19.3 Å². The third kappa shape index (κ3) is 3.74. The molecule has 0 spiro atoms. The number of fused-ring (bicyclic) bond motifs is 2. The van der Waals surface area contributed by atoms with E-state index in [2.05, 4.69) is 20.8 Å². The van der Waals surface area contributed by atoms with Gasteiger partial charge in [-0.1, -0.05) is 20.8 Å². The van der Waals surface area contributed by atoms with Crippen LogP contribution < -0.4 is 0 Å². The molecule has 3 fully saturated rings. The van der Waals surface area contributed by atoms with E-state index in [1.54, 1.807) is 0 Å². The fourth-order valence-corrected chi connectivity index (χ4v) is 2.79. The second-order valence-electron chi connectivity index (χ2n) is 6.23. The first-order chi connectivity index (χ1) is 7.65. The Bertz CT molecular complexity index is 208. The lowest BCUT2D eigenvalue weighted by atomic mass is 9.98. The van der Waals surface area contributed by atoms with E-state index in [9.17, 15) is 0 Å². The highest BCUT2D eigenvalue weighted by Gasteiger charge is 2.40. The molecule has 4 unspecified atom stereocenters. The van der Waals surface area contributed by atoms with E-state index in [1.165, 1.54) is 25.7 Å². The Labute approximate surface area is 99.7 Å². The van der Waals surface area contributed by atoms with Gasteiger partial charge in [0.15, 0.2) is 0 Å². The highest BCUT2D eigenvalue weighted by atomic mass is 16.6. The predicted octanol–water partition coefficient (Wildman–Crippen LogP) is 3.25. The second kappa shape index (κ2) is 5.50. The summed E-state index contributed by atoms with van der Waals surface area (Å²) in [6.07, 6.45) is 6.69. The molecule has 2 saturated carbocycles. The van der Waals surface area contributed by atoms with E-state index >= 15 is 0 Å². The number of ether oxygens (including phenoxy) is 2. The first-order valence-electron chi connectivity index (χ1n) is 6.88. The highest BCUT2D eigenvalue weighted by Crippen LogP contribution is 2.45. The lowest BCUT2D eigenvalue weighted by Gasteiger charge is -2.21. The Hall–Kier alpha value is -0.0800. The average Bonchev–Trinajstić information content (AvgIpc) is 2.81.